The number of oxazole rings is 1. The Balaban J connectivity index is 1.96. The third-order valence-electron chi connectivity index (χ3n) is 3.36. The van der Waals surface area contributed by atoms with Gasteiger partial charge in [-0.15, -0.1) is 0 Å². The van der Waals surface area contributed by atoms with Crippen molar-refractivity contribution in [3.63, 3.8) is 0 Å². The van der Waals surface area contributed by atoms with E-state index in [1.54, 1.807) is 0 Å². The van der Waals surface area contributed by atoms with E-state index in [0.717, 1.165) is 24.0 Å². The molecule has 5 heteroatoms. The van der Waals surface area contributed by atoms with Gasteiger partial charge < -0.3 is 15.5 Å². The summed E-state index contributed by atoms with van der Waals surface area (Å²) >= 11 is 0. The molecule has 1 aromatic carbocycles. The van der Waals surface area contributed by atoms with Crippen LogP contribution in [0.1, 0.15) is 19.4 Å². The van der Waals surface area contributed by atoms with Crippen molar-refractivity contribution in [2.24, 2.45) is 11.7 Å². The highest BCUT2D eigenvalue weighted by Gasteiger charge is 2.10. The monoisotopic (exact) mass is 263 g/mol. The van der Waals surface area contributed by atoms with Crippen LogP contribution in [0.25, 0.3) is 11.1 Å². The number of rotatable bonds is 6. The molecule has 5 nitrogen and oxygen atoms in total. The minimum Gasteiger partial charge on any atom is -0.408 e. The summed E-state index contributed by atoms with van der Waals surface area (Å²) in [4.78, 5) is 13.7. The minimum absolute atomic E-state index is 0.342. The Hall–Kier alpha value is -1.59. The van der Waals surface area contributed by atoms with Gasteiger partial charge in [-0.3, -0.25) is 4.98 Å². The van der Waals surface area contributed by atoms with Gasteiger partial charge in [-0.2, -0.15) is 0 Å². The van der Waals surface area contributed by atoms with Crippen LogP contribution in [0.3, 0.4) is 0 Å². The van der Waals surface area contributed by atoms with Crippen LogP contribution in [-0.4, -0.2) is 24.1 Å². The molecule has 0 aliphatic rings. The molecule has 19 heavy (non-hydrogen) atoms. The van der Waals surface area contributed by atoms with Gasteiger partial charge in [0.25, 0.3) is 0 Å². The quantitative estimate of drug-likeness (QED) is 0.732. The molecule has 0 bridgehead atoms. The maximum Gasteiger partial charge on any atom is 0.417 e. The van der Waals surface area contributed by atoms with Crippen molar-refractivity contribution >= 4 is 11.1 Å². The van der Waals surface area contributed by atoms with Crippen molar-refractivity contribution < 1.29 is 4.42 Å². The molecule has 0 spiro atoms. The first kappa shape index (κ1) is 13.8. The molecule has 0 fully saturated rings. The van der Waals surface area contributed by atoms with Gasteiger partial charge in [0.2, 0.25) is 0 Å². The van der Waals surface area contributed by atoms with E-state index in [0.29, 0.717) is 24.1 Å². The smallest absolute Gasteiger partial charge is 0.408 e. The van der Waals surface area contributed by atoms with Crippen molar-refractivity contribution in [2.75, 3.05) is 13.1 Å². The second-order valence-corrected chi connectivity index (χ2v) is 5.14. The van der Waals surface area contributed by atoms with Gasteiger partial charge >= 0.3 is 5.76 Å². The predicted octanol–water partition coefficient (Wildman–Crippen LogP) is 1.24. The molecule has 104 valence electrons. The first-order chi connectivity index (χ1) is 9.10. The van der Waals surface area contributed by atoms with Gasteiger partial charge in [0.15, 0.2) is 5.58 Å². The highest BCUT2D eigenvalue weighted by molar-refractivity contribution is 5.72. The molecule has 0 saturated heterocycles. The second kappa shape index (κ2) is 6.04. The summed E-state index contributed by atoms with van der Waals surface area (Å²) < 4.78 is 5.04. The molecule has 0 amide bonds. The summed E-state index contributed by atoms with van der Waals surface area (Å²) in [5.41, 5.74) is 8.21. The zero-order valence-corrected chi connectivity index (χ0v) is 11.4. The van der Waals surface area contributed by atoms with E-state index in [2.05, 4.69) is 24.1 Å². The van der Waals surface area contributed by atoms with E-state index in [4.69, 9.17) is 10.2 Å². The first-order valence-electron chi connectivity index (χ1n) is 6.65. The highest BCUT2D eigenvalue weighted by atomic mass is 16.4. The molecule has 2 rings (SSSR count). The molecule has 1 atom stereocenters. The van der Waals surface area contributed by atoms with Crippen LogP contribution in [0.5, 0.6) is 0 Å². The number of fused-ring (bicyclic) bond motifs is 1. The molecule has 1 aromatic heterocycles. The van der Waals surface area contributed by atoms with Gasteiger partial charge in [-0.1, -0.05) is 19.9 Å². The minimum atomic E-state index is -0.409. The lowest BCUT2D eigenvalue weighted by atomic mass is 10.0. The summed E-state index contributed by atoms with van der Waals surface area (Å²) in [6, 6.07) is 6.12. The predicted molar refractivity (Wildman–Crippen MR) is 76.2 cm³/mol. The van der Waals surface area contributed by atoms with Crippen LogP contribution in [-0.2, 0) is 6.42 Å². The summed E-state index contributed by atoms with van der Waals surface area (Å²) in [5.74, 6) is 0.114. The Labute approximate surface area is 112 Å². The molecule has 2 aromatic rings. The van der Waals surface area contributed by atoms with E-state index < -0.39 is 5.76 Å². The number of H-pyrrole nitrogens is 1. The molecular weight excluding hydrogens is 242 g/mol. The van der Waals surface area contributed by atoms with E-state index in [1.165, 1.54) is 0 Å². The van der Waals surface area contributed by atoms with Crippen LogP contribution in [0.2, 0.25) is 0 Å². The number of hydrogen-bond acceptors (Lipinski definition) is 4. The van der Waals surface area contributed by atoms with Gasteiger partial charge in [0, 0.05) is 12.6 Å². The van der Waals surface area contributed by atoms with E-state index in [9.17, 15) is 4.79 Å². The number of nitrogens with one attached hydrogen (secondary N) is 2. The molecule has 1 heterocycles. The maximum absolute atomic E-state index is 11.1. The molecule has 0 saturated carbocycles. The van der Waals surface area contributed by atoms with Crippen molar-refractivity contribution in [2.45, 2.75) is 26.3 Å². The molecule has 0 radical (unpaired) electrons. The summed E-state index contributed by atoms with van der Waals surface area (Å²) in [6.45, 7) is 5.82. The highest BCUT2D eigenvalue weighted by Crippen LogP contribution is 2.12. The molecule has 4 N–H and O–H groups in total. The largest absolute Gasteiger partial charge is 0.417 e. The third-order valence-corrected chi connectivity index (χ3v) is 3.36. The van der Waals surface area contributed by atoms with Crippen LogP contribution >= 0.6 is 0 Å². The first-order valence-corrected chi connectivity index (χ1v) is 6.65. The van der Waals surface area contributed by atoms with Gasteiger partial charge in [-0.05, 0) is 36.6 Å². The Bertz CT molecular complexity index is 586. The van der Waals surface area contributed by atoms with Crippen molar-refractivity contribution in [1.29, 1.82) is 0 Å². The molecule has 0 aliphatic heterocycles. The molecule has 0 aliphatic carbocycles. The third kappa shape index (κ3) is 3.45. The van der Waals surface area contributed by atoms with E-state index in [1.807, 2.05) is 18.2 Å². The molecule has 1 unspecified atom stereocenters. The van der Waals surface area contributed by atoms with Crippen molar-refractivity contribution in [3.05, 3.63) is 34.3 Å². The summed E-state index contributed by atoms with van der Waals surface area (Å²) in [5, 5.41) is 3.45. The van der Waals surface area contributed by atoms with Gasteiger partial charge in [-0.25, -0.2) is 4.79 Å². The Kier molecular flexibility index (Phi) is 4.39. The maximum atomic E-state index is 11.1. The number of aromatic amines is 1. The Morgan fingerprint density at radius 1 is 1.42 bits per heavy atom. The summed E-state index contributed by atoms with van der Waals surface area (Å²) in [7, 11) is 0. The SMILES string of the molecule is CC(C)C(CN)NCCc1ccc2[nH]c(=O)oc2c1. The fourth-order valence-electron chi connectivity index (χ4n) is 2.14. The van der Waals surface area contributed by atoms with E-state index >= 15 is 0 Å². The zero-order valence-electron chi connectivity index (χ0n) is 11.4. The van der Waals surface area contributed by atoms with Crippen molar-refractivity contribution in [1.82, 2.24) is 10.3 Å². The lowest BCUT2D eigenvalue weighted by Crippen LogP contribution is -2.41. The lowest BCUT2D eigenvalue weighted by molar-refractivity contribution is 0.409. The topological polar surface area (TPSA) is 84.0 Å². The Morgan fingerprint density at radius 2 is 2.21 bits per heavy atom. The lowest BCUT2D eigenvalue weighted by Gasteiger charge is -2.20. The second-order valence-electron chi connectivity index (χ2n) is 5.14. The normalized spacial score (nSPS) is 13.3. The average Bonchev–Trinajstić information content (AvgIpc) is 2.73. The standard InChI is InChI=1S/C14H21N3O2/c1-9(2)12(8-15)16-6-5-10-3-4-11-13(7-10)19-14(18)17-11/h3-4,7,9,12,16H,5-6,8,15H2,1-2H3,(H,17,18). The number of nitrogens with two attached hydrogens (primary N) is 1. The van der Waals surface area contributed by atoms with E-state index in [-0.39, 0.29) is 0 Å². The van der Waals surface area contributed by atoms with Gasteiger partial charge in [0.05, 0.1) is 5.52 Å². The van der Waals surface area contributed by atoms with Crippen LogP contribution < -0.4 is 16.8 Å². The van der Waals surface area contributed by atoms with Crippen LogP contribution in [0.4, 0.5) is 0 Å². The van der Waals surface area contributed by atoms with Crippen LogP contribution in [0, 0.1) is 5.92 Å². The number of benzene rings is 1. The Morgan fingerprint density at radius 3 is 2.89 bits per heavy atom. The molecular formula is C14H21N3O2. The number of aromatic nitrogens is 1. The summed E-state index contributed by atoms with van der Waals surface area (Å²) in [6.07, 6.45) is 0.883. The average molecular weight is 263 g/mol. The zero-order chi connectivity index (χ0) is 13.8. The fourth-order valence-corrected chi connectivity index (χ4v) is 2.14. The fraction of sp³-hybridized carbons (Fsp3) is 0.500. The number of hydrogen-bond donors (Lipinski definition) is 3. The van der Waals surface area contributed by atoms with Gasteiger partial charge in [0.1, 0.15) is 0 Å². The van der Waals surface area contributed by atoms with Crippen LogP contribution in [0.15, 0.2) is 27.4 Å². The van der Waals surface area contributed by atoms with Crippen molar-refractivity contribution in [3.8, 4) is 0 Å².